The van der Waals surface area contributed by atoms with Gasteiger partial charge in [-0.3, -0.25) is 4.90 Å². The van der Waals surface area contributed by atoms with Crippen LogP contribution in [0.1, 0.15) is 0 Å². The predicted molar refractivity (Wildman–Crippen MR) is 132 cm³/mol. The summed E-state index contributed by atoms with van der Waals surface area (Å²) in [5.41, 5.74) is 2.99. The van der Waals surface area contributed by atoms with Crippen LogP contribution in [0, 0.1) is 0 Å². The second-order valence-corrected chi connectivity index (χ2v) is 10.9. The Balaban J connectivity index is 1.69. The van der Waals surface area contributed by atoms with E-state index in [1.165, 1.54) is 6.26 Å². The molecular formula is C24H29N7O2S. The zero-order valence-corrected chi connectivity index (χ0v) is 20.5. The number of rotatable bonds is 6. The van der Waals surface area contributed by atoms with Crippen LogP contribution in [0.25, 0.3) is 33.7 Å². The van der Waals surface area contributed by atoms with E-state index in [2.05, 4.69) is 27.0 Å². The Bertz CT molecular complexity index is 1420. The lowest BCUT2D eigenvalue weighted by Crippen LogP contribution is -2.45. The minimum absolute atomic E-state index is 0.172. The van der Waals surface area contributed by atoms with Crippen molar-refractivity contribution in [1.82, 2.24) is 34.3 Å². The summed E-state index contributed by atoms with van der Waals surface area (Å²) in [5, 5.41) is 14.3. The third-order valence-electron chi connectivity index (χ3n) is 6.44. The van der Waals surface area contributed by atoms with E-state index < -0.39 is 9.84 Å². The molecule has 178 valence electrons. The molecule has 4 aromatic rings. The summed E-state index contributed by atoms with van der Waals surface area (Å²) < 4.78 is 30.1. The number of sulfone groups is 1. The van der Waals surface area contributed by atoms with Crippen LogP contribution in [-0.2, 0) is 23.4 Å². The third kappa shape index (κ3) is 4.24. The van der Waals surface area contributed by atoms with E-state index >= 15 is 0 Å². The SMILES string of the molecule is CN1CCN(CCn2nc(-c3cccn3C)c3c(S(C)(=O)=O)c(-c4ccccc4)nnc32)CC1. The monoisotopic (exact) mass is 479 g/mol. The highest BCUT2D eigenvalue weighted by atomic mass is 32.2. The topological polar surface area (TPSA) is 89.1 Å². The van der Waals surface area contributed by atoms with Crippen molar-refractivity contribution in [3.63, 3.8) is 0 Å². The fraction of sp³-hybridized carbons (Fsp3) is 0.375. The normalized spacial score (nSPS) is 15.9. The number of hydrogen-bond acceptors (Lipinski definition) is 7. The van der Waals surface area contributed by atoms with Crippen molar-refractivity contribution >= 4 is 20.9 Å². The fourth-order valence-corrected chi connectivity index (χ4v) is 5.59. The molecule has 9 nitrogen and oxygen atoms in total. The highest BCUT2D eigenvalue weighted by Crippen LogP contribution is 2.36. The van der Waals surface area contributed by atoms with Gasteiger partial charge in [0.25, 0.3) is 0 Å². The zero-order valence-electron chi connectivity index (χ0n) is 19.7. The minimum atomic E-state index is -3.64. The number of hydrogen-bond donors (Lipinski definition) is 0. The first-order chi connectivity index (χ1) is 16.3. The van der Waals surface area contributed by atoms with E-state index in [1.54, 1.807) is 0 Å². The Labute approximate surface area is 199 Å². The Morgan fingerprint density at radius 2 is 1.62 bits per heavy atom. The van der Waals surface area contributed by atoms with E-state index in [0.717, 1.165) is 38.4 Å². The van der Waals surface area contributed by atoms with Crippen molar-refractivity contribution in [2.75, 3.05) is 46.0 Å². The average molecular weight is 480 g/mol. The van der Waals surface area contributed by atoms with Crippen molar-refractivity contribution in [3.8, 4) is 22.6 Å². The first kappa shape index (κ1) is 22.7. The van der Waals surface area contributed by atoms with Gasteiger partial charge in [0.1, 0.15) is 16.3 Å². The van der Waals surface area contributed by atoms with E-state index in [4.69, 9.17) is 5.10 Å². The van der Waals surface area contributed by atoms with Gasteiger partial charge in [-0.25, -0.2) is 13.1 Å². The van der Waals surface area contributed by atoms with E-state index in [0.29, 0.717) is 34.5 Å². The van der Waals surface area contributed by atoms with Crippen LogP contribution in [0.2, 0.25) is 0 Å². The van der Waals surface area contributed by atoms with Gasteiger partial charge in [0.05, 0.1) is 17.6 Å². The molecule has 34 heavy (non-hydrogen) atoms. The molecule has 3 aromatic heterocycles. The standard InChI is InChI=1S/C24H29N7O2S/c1-28-12-14-30(15-13-28)16-17-31-24-20(22(27-31)19-10-7-11-29(19)2)23(34(3,32)33)21(25-26-24)18-8-5-4-6-9-18/h4-11H,12-17H2,1-3H3. The van der Waals surface area contributed by atoms with Gasteiger partial charge in [0, 0.05) is 57.8 Å². The lowest BCUT2D eigenvalue weighted by atomic mass is 10.1. The summed E-state index contributed by atoms with van der Waals surface area (Å²) in [6, 6.07) is 13.2. The molecule has 0 radical (unpaired) electrons. The number of aromatic nitrogens is 5. The van der Waals surface area contributed by atoms with Crippen LogP contribution in [0.4, 0.5) is 0 Å². The molecule has 0 aliphatic carbocycles. The molecule has 1 aliphatic rings. The van der Waals surface area contributed by atoms with Crippen molar-refractivity contribution < 1.29 is 8.42 Å². The molecular weight excluding hydrogens is 450 g/mol. The van der Waals surface area contributed by atoms with Crippen LogP contribution in [-0.4, -0.2) is 88.8 Å². The molecule has 10 heteroatoms. The molecule has 0 amide bonds. The van der Waals surface area contributed by atoms with Crippen LogP contribution >= 0.6 is 0 Å². The van der Waals surface area contributed by atoms with Gasteiger partial charge in [-0.15, -0.1) is 10.2 Å². The van der Waals surface area contributed by atoms with Gasteiger partial charge in [-0.2, -0.15) is 5.10 Å². The van der Waals surface area contributed by atoms with Crippen LogP contribution < -0.4 is 0 Å². The summed E-state index contributed by atoms with van der Waals surface area (Å²) in [5.74, 6) is 0. The lowest BCUT2D eigenvalue weighted by molar-refractivity contribution is 0.149. The average Bonchev–Trinajstić information content (AvgIpc) is 3.41. The van der Waals surface area contributed by atoms with E-state index in [-0.39, 0.29) is 4.90 Å². The molecule has 1 saturated heterocycles. The van der Waals surface area contributed by atoms with Gasteiger partial charge in [-0.05, 0) is 19.2 Å². The predicted octanol–water partition coefficient (Wildman–Crippen LogP) is 2.15. The number of benzene rings is 1. The maximum absolute atomic E-state index is 13.2. The summed E-state index contributed by atoms with van der Waals surface area (Å²) in [6.45, 7) is 5.48. The number of piperazine rings is 1. The fourth-order valence-electron chi connectivity index (χ4n) is 4.52. The summed E-state index contributed by atoms with van der Waals surface area (Å²) in [6.07, 6.45) is 3.16. The van der Waals surface area contributed by atoms with Crippen LogP contribution in [0.3, 0.4) is 0 Å². The molecule has 0 bridgehead atoms. The summed E-state index contributed by atoms with van der Waals surface area (Å²) >= 11 is 0. The molecule has 4 heterocycles. The minimum Gasteiger partial charge on any atom is -0.349 e. The van der Waals surface area contributed by atoms with E-state index in [1.807, 2.05) is 65.0 Å². The first-order valence-electron chi connectivity index (χ1n) is 11.4. The first-order valence-corrected chi connectivity index (χ1v) is 13.3. The molecule has 0 saturated carbocycles. The molecule has 0 spiro atoms. The molecule has 1 fully saturated rings. The molecule has 0 N–H and O–H groups in total. The lowest BCUT2D eigenvalue weighted by Gasteiger charge is -2.32. The van der Waals surface area contributed by atoms with E-state index in [9.17, 15) is 8.42 Å². The van der Waals surface area contributed by atoms with Crippen molar-refractivity contribution in [1.29, 1.82) is 0 Å². The van der Waals surface area contributed by atoms with Crippen molar-refractivity contribution in [2.24, 2.45) is 7.05 Å². The molecule has 0 atom stereocenters. The quantitative estimate of drug-likeness (QED) is 0.419. The van der Waals surface area contributed by atoms with Crippen molar-refractivity contribution in [3.05, 3.63) is 48.7 Å². The smallest absolute Gasteiger partial charge is 0.182 e. The maximum atomic E-state index is 13.2. The Kier molecular flexibility index (Phi) is 5.97. The number of fused-ring (bicyclic) bond motifs is 1. The van der Waals surface area contributed by atoms with Gasteiger partial charge in [0.15, 0.2) is 15.5 Å². The molecule has 5 rings (SSSR count). The second kappa shape index (κ2) is 8.94. The highest BCUT2D eigenvalue weighted by Gasteiger charge is 2.28. The molecule has 1 aromatic carbocycles. The Morgan fingerprint density at radius 3 is 2.26 bits per heavy atom. The number of aryl methyl sites for hydroxylation is 1. The summed E-state index contributed by atoms with van der Waals surface area (Å²) in [4.78, 5) is 4.90. The van der Waals surface area contributed by atoms with Gasteiger partial charge in [-0.1, -0.05) is 30.3 Å². The number of nitrogens with zero attached hydrogens (tertiary/aromatic N) is 7. The Hall–Kier alpha value is -3.08. The number of likely N-dealkylation sites (N-methyl/N-ethyl adjacent to an activating group) is 1. The third-order valence-corrected chi connectivity index (χ3v) is 7.58. The zero-order chi connectivity index (χ0) is 23.9. The van der Waals surface area contributed by atoms with Crippen LogP contribution in [0.5, 0.6) is 0 Å². The largest absolute Gasteiger partial charge is 0.349 e. The van der Waals surface area contributed by atoms with Crippen molar-refractivity contribution in [2.45, 2.75) is 11.4 Å². The maximum Gasteiger partial charge on any atom is 0.182 e. The van der Waals surface area contributed by atoms with Gasteiger partial charge in [0.2, 0.25) is 0 Å². The molecule has 0 unspecified atom stereocenters. The van der Waals surface area contributed by atoms with Gasteiger partial charge >= 0.3 is 0 Å². The summed E-state index contributed by atoms with van der Waals surface area (Å²) in [7, 11) is 0.420. The second-order valence-electron chi connectivity index (χ2n) is 8.94. The Morgan fingerprint density at radius 1 is 0.882 bits per heavy atom. The van der Waals surface area contributed by atoms with Gasteiger partial charge < -0.3 is 9.47 Å². The van der Waals surface area contributed by atoms with Crippen LogP contribution in [0.15, 0.2) is 53.6 Å². The molecule has 1 aliphatic heterocycles. The highest BCUT2D eigenvalue weighted by molar-refractivity contribution is 7.91.